The molecule has 1 atom stereocenters. The van der Waals surface area contributed by atoms with Crippen molar-refractivity contribution in [3.63, 3.8) is 0 Å². The molecule has 0 aliphatic carbocycles. The Morgan fingerprint density at radius 2 is 1.71 bits per heavy atom. The number of rotatable bonds is 8. The molecule has 1 aliphatic heterocycles. The van der Waals surface area contributed by atoms with Crippen molar-refractivity contribution in [1.82, 2.24) is 5.32 Å². The van der Waals surface area contributed by atoms with Crippen LogP contribution in [0.3, 0.4) is 0 Å². The van der Waals surface area contributed by atoms with Gasteiger partial charge in [-0.25, -0.2) is 0 Å². The molecule has 6 nitrogen and oxygen atoms in total. The molecule has 2 aromatic carbocycles. The molecule has 146 valence electrons. The Balaban J connectivity index is 1.85. The van der Waals surface area contributed by atoms with Crippen molar-refractivity contribution in [3.05, 3.63) is 65.7 Å². The van der Waals surface area contributed by atoms with Crippen molar-refractivity contribution in [1.29, 1.82) is 0 Å². The van der Waals surface area contributed by atoms with Crippen LogP contribution < -0.4 is 16.0 Å². The Morgan fingerprint density at radius 3 is 2.43 bits per heavy atom. The molecule has 6 heteroatoms. The summed E-state index contributed by atoms with van der Waals surface area (Å²) >= 11 is 0. The molecule has 3 N–H and O–H groups in total. The van der Waals surface area contributed by atoms with E-state index in [1.165, 1.54) is 0 Å². The summed E-state index contributed by atoms with van der Waals surface area (Å²) in [6, 6.07) is 17.6. The molecule has 0 bridgehead atoms. The minimum atomic E-state index is -0.784. The number of para-hydroxylation sites is 1. The van der Waals surface area contributed by atoms with Crippen molar-refractivity contribution in [3.8, 4) is 0 Å². The standard InChI is InChI=1S/C22H25N3O3/c1-25-18-10-6-5-9-17(18)22(21(25)28,15-16-7-3-2-4-8-16)13-11-20(27)24-14-12-19(23)26/h2-10H,11-15H2,1H3,(H2,23,26)(H,24,27). The van der Waals surface area contributed by atoms with E-state index in [2.05, 4.69) is 5.32 Å². The molecular formula is C22H25N3O3. The normalized spacial score (nSPS) is 18.0. The second-order valence-corrected chi connectivity index (χ2v) is 7.19. The monoisotopic (exact) mass is 379 g/mol. The predicted molar refractivity (Wildman–Crippen MR) is 108 cm³/mol. The van der Waals surface area contributed by atoms with Crippen LogP contribution in [0.4, 0.5) is 5.69 Å². The zero-order valence-corrected chi connectivity index (χ0v) is 16.0. The Hall–Kier alpha value is -3.15. The van der Waals surface area contributed by atoms with E-state index in [0.717, 1.165) is 16.8 Å². The highest BCUT2D eigenvalue weighted by Gasteiger charge is 2.49. The fourth-order valence-corrected chi connectivity index (χ4v) is 3.90. The first-order valence-electron chi connectivity index (χ1n) is 9.40. The number of amides is 3. The number of nitrogens with two attached hydrogens (primary N) is 1. The van der Waals surface area contributed by atoms with Crippen LogP contribution in [0.15, 0.2) is 54.6 Å². The van der Waals surface area contributed by atoms with Crippen molar-refractivity contribution < 1.29 is 14.4 Å². The second kappa shape index (κ2) is 8.25. The summed E-state index contributed by atoms with van der Waals surface area (Å²) < 4.78 is 0. The van der Waals surface area contributed by atoms with Crippen molar-refractivity contribution >= 4 is 23.4 Å². The maximum atomic E-state index is 13.3. The van der Waals surface area contributed by atoms with Crippen LogP contribution in [-0.4, -0.2) is 31.3 Å². The quantitative estimate of drug-likeness (QED) is 0.734. The van der Waals surface area contributed by atoms with Gasteiger partial charge in [-0.05, 0) is 30.0 Å². The van der Waals surface area contributed by atoms with E-state index in [4.69, 9.17) is 5.73 Å². The molecular weight excluding hydrogens is 354 g/mol. The zero-order valence-electron chi connectivity index (χ0n) is 16.0. The number of nitrogens with zero attached hydrogens (tertiary/aromatic N) is 1. The van der Waals surface area contributed by atoms with E-state index in [1.807, 2.05) is 54.6 Å². The third-order valence-corrected chi connectivity index (χ3v) is 5.32. The number of benzene rings is 2. The molecule has 3 amide bonds. The smallest absolute Gasteiger partial charge is 0.237 e. The summed E-state index contributed by atoms with van der Waals surface area (Å²) in [5.74, 6) is -0.640. The topological polar surface area (TPSA) is 92.5 Å². The molecule has 2 aromatic rings. The number of likely N-dealkylation sites (N-methyl/N-ethyl adjacent to an activating group) is 1. The summed E-state index contributed by atoms with van der Waals surface area (Å²) in [6.07, 6.45) is 1.22. The Labute approximate surface area is 164 Å². The average Bonchev–Trinajstić information content (AvgIpc) is 2.90. The summed E-state index contributed by atoms with van der Waals surface area (Å²) in [5.41, 5.74) is 7.21. The second-order valence-electron chi connectivity index (χ2n) is 7.19. The molecule has 0 fully saturated rings. The van der Waals surface area contributed by atoms with Gasteiger partial charge in [0.05, 0.1) is 5.41 Å². The Morgan fingerprint density at radius 1 is 1.04 bits per heavy atom. The van der Waals surface area contributed by atoms with E-state index in [-0.39, 0.29) is 31.2 Å². The molecule has 0 saturated carbocycles. The number of hydrogen-bond donors (Lipinski definition) is 2. The van der Waals surface area contributed by atoms with Crippen LogP contribution in [0, 0.1) is 0 Å². The molecule has 1 aliphatic rings. The van der Waals surface area contributed by atoms with E-state index in [9.17, 15) is 14.4 Å². The van der Waals surface area contributed by atoms with Crippen LogP contribution in [0.1, 0.15) is 30.4 Å². The molecule has 0 radical (unpaired) electrons. The van der Waals surface area contributed by atoms with Gasteiger partial charge in [0.2, 0.25) is 17.7 Å². The van der Waals surface area contributed by atoms with Gasteiger partial charge in [-0.2, -0.15) is 0 Å². The largest absolute Gasteiger partial charge is 0.370 e. The van der Waals surface area contributed by atoms with Crippen molar-refractivity contribution in [2.24, 2.45) is 5.73 Å². The van der Waals surface area contributed by atoms with Gasteiger partial charge in [0.1, 0.15) is 0 Å². The molecule has 1 heterocycles. The Bertz CT molecular complexity index is 882. The summed E-state index contributed by atoms with van der Waals surface area (Å²) in [4.78, 5) is 38.1. The van der Waals surface area contributed by atoms with Crippen LogP contribution in [-0.2, 0) is 26.2 Å². The SMILES string of the molecule is CN1C(=O)C(CCC(=O)NCCC(N)=O)(Cc2ccccc2)c2ccccc21. The summed E-state index contributed by atoms with van der Waals surface area (Å²) in [7, 11) is 1.78. The average molecular weight is 379 g/mol. The van der Waals surface area contributed by atoms with Crippen LogP contribution >= 0.6 is 0 Å². The van der Waals surface area contributed by atoms with Gasteiger partial charge in [0, 0.05) is 32.1 Å². The van der Waals surface area contributed by atoms with Gasteiger partial charge >= 0.3 is 0 Å². The first kappa shape index (κ1) is 19.6. The van der Waals surface area contributed by atoms with E-state index in [0.29, 0.717) is 12.8 Å². The summed E-state index contributed by atoms with van der Waals surface area (Å²) in [6.45, 7) is 0.213. The van der Waals surface area contributed by atoms with Gasteiger partial charge in [0.25, 0.3) is 0 Å². The zero-order chi connectivity index (χ0) is 20.1. The number of primary amides is 1. The minimum Gasteiger partial charge on any atom is -0.370 e. The highest BCUT2D eigenvalue weighted by atomic mass is 16.2. The molecule has 0 aromatic heterocycles. The van der Waals surface area contributed by atoms with Crippen LogP contribution in [0.5, 0.6) is 0 Å². The number of fused-ring (bicyclic) bond motifs is 1. The van der Waals surface area contributed by atoms with Crippen LogP contribution in [0.2, 0.25) is 0 Å². The molecule has 1 unspecified atom stereocenters. The number of nitrogens with one attached hydrogen (secondary N) is 1. The molecule has 28 heavy (non-hydrogen) atoms. The number of anilines is 1. The van der Waals surface area contributed by atoms with E-state index in [1.54, 1.807) is 11.9 Å². The Kier molecular flexibility index (Phi) is 5.78. The van der Waals surface area contributed by atoms with Crippen molar-refractivity contribution in [2.45, 2.75) is 31.1 Å². The van der Waals surface area contributed by atoms with Gasteiger partial charge < -0.3 is 16.0 Å². The fourth-order valence-electron chi connectivity index (χ4n) is 3.90. The maximum Gasteiger partial charge on any atom is 0.237 e. The highest BCUT2D eigenvalue weighted by Crippen LogP contribution is 2.46. The molecule has 0 saturated heterocycles. The molecule has 3 rings (SSSR count). The number of carbonyl (C=O) groups is 3. The first-order chi connectivity index (χ1) is 13.4. The third-order valence-electron chi connectivity index (χ3n) is 5.32. The number of carbonyl (C=O) groups excluding carboxylic acids is 3. The van der Waals surface area contributed by atoms with Gasteiger partial charge in [-0.15, -0.1) is 0 Å². The first-order valence-corrected chi connectivity index (χ1v) is 9.40. The van der Waals surface area contributed by atoms with E-state index < -0.39 is 11.3 Å². The maximum absolute atomic E-state index is 13.3. The van der Waals surface area contributed by atoms with Crippen LogP contribution in [0.25, 0.3) is 0 Å². The lowest BCUT2D eigenvalue weighted by molar-refractivity contribution is -0.124. The van der Waals surface area contributed by atoms with E-state index >= 15 is 0 Å². The fraction of sp³-hybridized carbons (Fsp3) is 0.318. The molecule has 0 spiro atoms. The van der Waals surface area contributed by atoms with Gasteiger partial charge in [-0.1, -0.05) is 48.5 Å². The van der Waals surface area contributed by atoms with Gasteiger partial charge in [-0.3, -0.25) is 14.4 Å². The van der Waals surface area contributed by atoms with Gasteiger partial charge in [0.15, 0.2) is 0 Å². The minimum absolute atomic E-state index is 0.00230. The van der Waals surface area contributed by atoms with Crippen molar-refractivity contribution in [2.75, 3.05) is 18.5 Å². The highest BCUT2D eigenvalue weighted by molar-refractivity contribution is 6.08. The lowest BCUT2D eigenvalue weighted by atomic mass is 9.73. The third kappa shape index (κ3) is 3.91. The lowest BCUT2D eigenvalue weighted by Crippen LogP contribution is -2.41. The predicted octanol–water partition coefficient (Wildman–Crippen LogP) is 1.92. The summed E-state index contributed by atoms with van der Waals surface area (Å²) in [5, 5.41) is 2.70. The lowest BCUT2D eigenvalue weighted by Gasteiger charge is -2.28. The number of hydrogen-bond acceptors (Lipinski definition) is 3.